The number of aryl methyl sites for hydroxylation is 1. The van der Waals surface area contributed by atoms with E-state index in [9.17, 15) is 9.90 Å². The molecule has 0 radical (unpaired) electrons. The molecule has 0 fully saturated rings. The first-order valence-corrected chi connectivity index (χ1v) is 10.8. The second-order valence-corrected chi connectivity index (χ2v) is 8.07. The number of carbonyl (C=O) groups is 1. The summed E-state index contributed by atoms with van der Waals surface area (Å²) < 4.78 is 2.14. The van der Waals surface area contributed by atoms with Gasteiger partial charge >= 0.3 is 0 Å². The van der Waals surface area contributed by atoms with Gasteiger partial charge < -0.3 is 9.67 Å². The molecule has 4 aromatic rings. The first kappa shape index (κ1) is 20.7. The Hall–Kier alpha value is -3.58. The molecule has 1 heterocycles. The highest BCUT2D eigenvalue weighted by molar-refractivity contribution is 7.99. The smallest absolute Gasteiger partial charge is 0.250 e. The van der Waals surface area contributed by atoms with Gasteiger partial charge in [0, 0.05) is 0 Å². The van der Waals surface area contributed by atoms with Gasteiger partial charge in [-0.3, -0.25) is 4.79 Å². The molecule has 0 bridgehead atoms. The number of hydrazone groups is 1. The van der Waals surface area contributed by atoms with Gasteiger partial charge in [-0.25, -0.2) is 10.4 Å². The number of benzene rings is 3. The molecule has 156 valence electrons. The Balaban J connectivity index is 1.44. The van der Waals surface area contributed by atoms with Crippen LogP contribution >= 0.6 is 11.8 Å². The average Bonchev–Trinajstić information content (AvgIpc) is 3.12. The summed E-state index contributed by atoms with van der Waals surface area (Å²) in [5.41, 5.74) is 7.66. The lowest BCUT2D eigenvalue weighted by Crippen LogP contribution is -2.20. The van der Waals surface area contributed by atoms with Crippen LogP contribution in [0.4, 0.5) is 0 Å². The Morgan fingerprint density at radius 1 is 1.10 bits per heavy atom. The standard InChI is InChI=1S/C24H22N4O2S/c1-17-6-8-19(9-7-17)15-28-22-5-3-2-4-21(22)26-24(28)31-16-23(30)27-25-14-18-10-12-20(29)13-11-18/h2-14,29H,15-16H2,1H3,(H,27,30)/b25-14-. The first-order chi connectivity index (χ1) is 15.1. The summed E-state index contributed by atoms with van der Waals surface area (Å²) in [6.45, 7) is 2.75. The Kier molecular flexibility index (Phi) is 6.33. The van der Waals surface area contributed by atoms with Crippen LogP contribution in [0.3, 0.4) is 0 Å². The lowest BCUT2D eigenvalue weighted by atomic mass is 10.1. The second-order valence-electron chi connectivity index (χ2n) is 7.13. The number of hydrogen-bond acceptors (Lipinski definition) is 5. The zero-order valence-electron chi connectivity index (χ0n) is 17.0. The highest BCUT2D eigenvalue weighted by Gasteiger charge is 2.13. The number of fused-ring (bicyclic) bond motifs is 1. The number of rotatable bonds is 7. The second kappa shape index (κ2) is 9.49. The molecule has 0 saturated heterocycles. The zero-order valence-corrected chi connectivity index (χ0v) is 17.8. The highest BCUT2D eigenvalue weighted by atomic mass is 32.2. The molecule has 1 amide bonds. The van der Waals surface area contributed by atoms with Crippen molar-refractivity contribution in [2.45, 2.75) is 18.6 Å². The van der Waals surface area contributed by atoms with Crippen molar-refractivity contribution in [3.8, 4) is 5.75 Å². The molecule has 0 atom stereocenters. The summed E-state index contributed by atoms with van der Waals surface area (Å²) in [7, 11) is 0. The highest BCUT2D eigenvalue weighted by Crippen LogP contribution is 2.25. The molecule has 31 heavy (non-hydrogen) atoms. The van der Waals surface area contributed by atoms with Crippen molar-refractivity contribution < 1.29 is 9.90 Å². The van der Waals surface area contributed by atoms with Gasteiger partial charge in [0.15, 0.2) is 5.16 Å². The summed E-state index contributed by atoms with van der Waals surface area (Å²) in [5.74, 6) is 0.171. The normalized spacial score (nSPS) is 11.3. The largest absolute Gasteiger partial charge is 0.508 e. The number of hydrogen-bond donors (Lipinski definition) is 2. The van der Waals surface area contributed by atoms with Crippen LogP contribution in [0.1, 0.15) is 16.7 Å². The Bertz CT molecular complexity index is 1210. The number of nitrogens with zero attached hydrogens (tertiary/aromatic N) is 3. The van der Waals surface area contributed by atoms with E-state index < -0.39 is 0 Å². The minimum atomic E-state index is -0.214. The number of phenols is 1. The zero-order chi connectivity index (χ0) is 21.6. The van der Waals surface area contributed by atoms with E-state index in [-0.39, 0.29) is 17.4 Å². The third-order valence-electron chi connectivity index (χ3n) is 4.71. The lowest BCUT2D eigenvalue weighted by Gasteiger charge is -2.09. The fraction of sp³-hybridized carbons (Fsp3) is 0.125. The van der Waals surface area contributed by atoms with Crippen LogP contribution in [0.2, 0.25) is 0 Å². The van der Waals surface area contributed by atoms with E-state index >= 15 is 0 Å². The maximum absolute atomic E-state index is 12.3. The number of imidazole rings is 1. The SMILES string of the molecule is Cc1ccc(Cn2c(SCC(=O)N/N=C\c3ccc(O)cc3)nc3ccccc32)cc1. The van der Waals surface area contributed by atoms with Crippen molar-refractivity contribution in [2.24, 2.45) is 5.10 Å². The van der Waals surface area contributed by atoms with Gasteiger partial charge in [0.05, 0.1) is 29.5 Å². The van der Waals surface area contributed by atoms with E-state index in [0.29, 0.717) is 6.54 Å². The van der Waals surface area contributed by atoms with Crippen LogP contribution in [0.5, 0.6) is 5.75 Å². The average molecular weight is 431 g/mol. The lowest BCUT2D eigenvalue weighted by molar-refractivity contribution is -0.118. The monoisotopic (exact) mass is 430 g/mol. The van der Waals surface area contributed by atoms with Crippen molar-refractivity contribution in [2.75, 3.05) is 5.75 Å². The number of phenolic OH excluding ortho intramolecular Hbond substituents is 1. The summed E-state index contributed by atoms with van der Waals surface area (Å²) in [6, 6.07) is 23.0. The number of carbonyl (C=O) groups excluding carboxylic acids is 1. The number of amides is 1. The molecule has 0 spiro atoms. The van der Waals surface area contributed by atoms with Crippen molar-refractivity contribution in [3.05, 3.63) is 89.5 Å². The maximum Gasteiger partial charge on any atom is 0.250 e. The summed E-state index contributed by atoms with van der Waals surface area (Å²) in [4.78, 5) is 17.0. The predicted octanol–water partition coefficient (Wildman–Crippen LogP) is 4.34. The number of aromatic nitrogens is 2. The molecular formula is C24H22N4O2S. The van der Waals surface area contributed by atoms with Gasteiger partial charge in [-0.2, -0.15) is 5.10 Å². The van der Waals surface area contributed by atoms with Crippen LogP contribution in [-0.4, -0.2) is 32.5 Å². The number of aromatic hydroxyl groups is 1. The van der Waals surface area contributed by atoms with E-state index in [4.69, 9.17) is 4.98 Å². The van der Waals surface area contributed by atoms with E-state index in [2.05, 4.69) is 46.3 Å². The molecule has 0 aliphatic heterocycles. The van der Waals surface area contributed by atoms with Crippen molar-refractivity contribution in [1.82, 2.24) is 15.0 Å². The van der Waals surface area contributed by atoms with Gasteiger partial charge in [-0.1, -0.05) is 53.7 Å². The van der Waals surface area contributed by atoms with Crippen molar-refractivity contribution >= 4 is 34.9 Å². The molecule has 0 saturated carbocycles. The number of para-hydroxylation sites is 2. The topological polar surface area (TPSA) is 79.5 Å². The van der Waals surface area contributed by atoms with Crippen molar-refractivity contribution in [3.63, 3.8) is 0 Å². The molecule has 4 rings (SSSR count). The van der Waals surface area contributed by atoms with Gasteiger partial charge in [-0.15, -0.1) is 0 Å². The van der Waals surface area contributed by atoms with Crippen LogP contribution in [-0.2, 0) is 11.3 Å². The van der Waals surface area contributed by atoms with E-state index in [1.54, 1.807) is 24.3 Å². The molecule has 2 N–H and O–H groups in total. The maximum atomic E-state index is 12.3. The third-order valence-corrected chi connectivity index (χ3v) is 5.69. The number of nitrogens with one attached hydrogen (secondary N) is 1. The summed E-state index contributed by atoms with van der Waals surface area (Å²) in [6.07, 6.45) is 1.54. The molecule has 0 unspecified atom stereocenters. The summed E-state index contributed by atoms with van der Waals surface area (Å²) in [5, 5.41) is 14.1. The molecule has 3 aromatic carbocycles. The Morgan fingerprint density at radius 3 is 2.61 bits per heavy atom. The van der Waals surface area contributed by atoms with E-state index in [1.165, 1.54) is 29.1 Å². The summed E-state index contributed by atoms with van der Waals surface area (Å²) >= 11 is 1.38. The quantitative estimate of drug-likeness (QED) is 0.260. The molecule has 7 heteroatoms. The minimum absolute atomic E-state index is 0.186. The fourth-order valence-electron chi connectivity index (χ4n) is 3.09. The van der Waals surface area contributed by atoms with Gasteiger partial charge in [0.1, 0.15) is 5.75 Å². The minimum Gasteiger partial charge on any atom is -0.508 e. The van der Waals surface area contributed by atoms with Gasteiger partial charge in [0.25, 0.3) is 5.91 Å². The van der Waals surface area contributed by atoms with Gasteiger partial charge in [-0.05, 0) is 54.4 Å². The van der Waals surface area contributed by atoms with Gasteiger partial charge in [0.2, 0.25) is 0 Å². The van der Waals surface area contributed by atoms with E-state index in [1.807, 2.05) is 24.3 Å². The molecule has 0 aliphatic carbocycles. The first-order valence-electron chi connectivity index (χ1n) is 9.83. The van der Waals surface area contributed by atoms with Crippen LogP contribution < -0.4 is 5.43 Å². The Morgan fingerprint density at radius 2 is 1.84 bits per heavy atom. The van der Waals surface area contributed by atoms with E-state index in [0.717, 1.165) is 21.8 Å². The molecular weight excluding hydrogens is 408 g/mol. The fourth-order valence-corrected chi connectivity index (χ4v) is 3.90. The van der Waals surface area contributed by atoms with Crippen LogP contribution in [0.15, 0.2) is 83.1 Å². The molecule has 1 aromatic heterocycles. The predicted molar refractivity (Wildman–Crippen MR) is 125 cm³/mol. The Labute approximate surface area is 184 Å². The van der Waals surface area contributed by atoms with Crippen LogP contribution in [0.25, 0.3) is 11.0 Å². The molecule has 6 nitrogen and oxygen atoms in total. The molecule has 0 aliphatic rings. The van der Waals surface area contributed by atoms with Crippen molar-refractivity contribution in [1.29, 1.82) is 0 Å². The van der Waals surface area contributed by atoms with Crippen LogP contribution in [0, 0.1) is 6.92 Å². The third kappa shape index (κ3) is 5.32. The number of thioether (sulfide) groups is 1.